The molecule has 1 aliphatic heterocycles. The van der Waals surface area contributed by atoms with Gasteiger partial charge in [-0.1, -0.05) is 12.2 Å². The van der Waals surface area contributed by atoms with E-state index >= 15 is 0 Å². The number of carbonyl (C=O) groups is 3. The molecule has 2 heterocycles. The smallest absolute Gasteiger partial charge is 0.341 e. The minimum atomic E-state index is -0.449. The van der Waals surface area contributed by atoms with E-state index in [1.54, 1.807) is 13.0 Å². The molecule has 4 unspecified atom stereocenters. The van der Waals surface area contributed by atoms with Crippen LogP contribution in [0.2, 0.25) is 0 Å². The quantitative estimate of drug-likeness (QED) is 0.132. The lowest BCUT2D eigenvalue weighted by atomic mass is 9.85. The summed E-state index contributed by atoms with van der Waals surface area (Å²) in [5.41, 5.74) is 0.380. The number of ether oxygens (including phenoxy) is 1. The van der Waals surface area contributed by atoms with Crippen molar-refractivity contribution in [3.05, 3.63) is 35.3 Å². The lowest BCUT2D eigenvalue weighted by Gasteiger charge is -2.18. The van der Waals surface area contributed by atoms with Crippen molar-refractivity contribution in [2.24, 2.45) is 28.7 Å². The molecule has 1 aromatic heterocycles. The predicted octanol–water partition coefficient (Wildman–Crippen LogP) is 1.85. The first-order chi connectivity index (χ1) is 14.9. The van der Waals surface area contributed by atoms with Gasteiger partial charge in [0.15, 0.2) is 5.96 Å². The summed E-state index contributed by atoms with van der Waals surface area (Å²) in [4.78, 5) is 43.1. The molecule has 2 aliphatic carbocycles. The number of halogens is 1. The molecule has 0 spiro atoms. The molecule has 2 bridgehead atoms. The Morgan fingerprint density at radius 1 is 1.22 bits per heavy atom. The molecule has 1 aromatic rings. The number of likely N-dealkylation sites (tertiary alicyclic amines) is 1. The van der Waals surface area contributed by atoms with Gasteiger partial charge in [0.1, 0.15) is 23.6 Å². The normalized spacial score (nSPS) is 25.7. The fourth-order valence-electron chi connectivity index (χ4n) is 4.90. The van der Waals surface area contributed by atoms with Gasteiger partial charge in [0.25, 0.3) is 0 Å². The Morgan fingerprint density at radius 3 is 2.47 bits per heavy atom. The van der Waals surface area contributed by atoms with E-state index in [1.165, 1.54) is 12.0 Å². The van der Waals surface area contributed by atoms with Crippen molar-refractivity contribution in [3.63, 3.8) is 0 Å². The lowest BCUT2D eigenvalue weighted by molar-refractivity contribution is -0.140. The number of hydrogen-bond donors (Lipinski definition) is 2. The Balaban J connectivity index is 0.00000289. The summed E-state index contributed by atoms with van der Waals surface area (Å²) in [7, 11) is 1.32. The van der Waals surface area contributed by atoms with Gasteiger partial charge in [0.2, 0.25) is 11.8 Å². The molecule has 4 atom stereocenters. The first-order valence-corrected chi connectivity index (χ1v) is 10.7. The lowest BCUT2D eigenvalue weighted by Crippen LogP contribution is -2.43. The van der Waals surface area contributed by atoms with Gasteiger partial charge in [-0.2, -0.15) is 0 Å². The van der Waals surface area contributed by atoms with Gasteiger partial charge < -0.3 is 19.8 Å². The maximum atomic E-state index is 12.8. The van der Waals surface area contributed by atoms with Crippen molar-refractivity contribution in [1.82, 2.24) is 15.5 Å². The maximum absolute atomic E-state index is 12.8. The fraction of sp³-hybridized carbons (Fsp3) is 0.545. The van der Waals surface area contributed by atoms with Gasteiger partial charge in [-0.3, -0.25) is 14.5 Å². The number of aliphatic imine (C=N–C) groups is 1. The van der Waals surface area contributed by atoms with Crippen molar-refractivity contribution in [3.8, 4) is 0 Å². The number of rotatable bonds is 7. The average molecular weight is 556 g/mol. The second-order valence-corrected chi connectivity index (χ2v) is 8.12. The van der Waals surface area contributed by atoms with Crippen molar-refractivity contribution >= 4 is 47.7 Å². The topological polar surface area (TPSA) is 113 Å². The second-order valence-electron chi connectivity index (χ2n) is 8.12. The minimum Gasteiger partial charge on any atom is -0.465 e. The molecule has 174 valence electrons. The van der Waals surface area contributed by atoms with Gasteiger partial charge >= 0.3 is 5.97 Å². The number of guanidine groups is 1. The van der Waals surface area contributed by atoms with Gasteiger partial charge in [-0.05, 0) is 38.2 Å². The number of allylic oxidation sites excluding steroid dienone is 2. The Bertz CT molecular complexity index is 926. The molecule has 32 heavy (non-hydrogen) atoms. The summed E-state index contributed by atoms with van der Waals surface area (Å²) in [6.07, 6.45) is 5.12. The van der Waals surface area contributed by atoms with Crippen LogP contribution in [0.1, 0.15) is 35.2 Å². The Labute approximate surface area is 204 Å². The van der Waals surface area contributed by atoms with Crippen molar-refractivity contribution in [1.29, 1.82) is 0 Å². The number of fused-ring (bicyclic) bond motifs is 5. The molecule has 0 radical (unpaired) electrons. The van der Waals surface area contributed by atoms with Crippen LogP contribution in [0.5, 0.6) is 0 Å². The summed E-state index contributed by atoms with van der Waals surface area (Å²) in [6, 6.07) is 1.62. The van der Waals surface area contributed by atoms with Gasteiger partial charge in [-0.25, -0.2) is 9.79 Å². The molecule has 10 heteroatoms. The third kappa shape index (κ3) is 4.41. The average Bonchev–Trinajstić information content (AvgIpc) is 3.51. The van der Waals surface area contributed by atoms with E-state index in [2.05, 4.69) is 27.8 Å². The van der Waals surface area contributed by atoms with Crippen LogP contribution in [0.3, 0.4) is 0 Å². The van der Waals surface area contributed by atoms with Crippen LogP contribution in [0, 0.1) is 30.6 Å². The molecule has 0 aromatic carbocycles. The number of imide groups is 1. The number of methoxy groups -OCH3 is 1. The molecule has 2 amide bonds. The van der Waals surface area contributed by atoms with E-state index < -0.39 is 5.97 Å². The van der Waals surface area contributed by atoms with Crippen molar-refractivity contribution in [2.75, 3.05) is 26.7 Å². The van der Waals surface area contributed by atoms with Crippen LogP contribution < -0.4 is 10.6 Å². The van der Waals surface area contributed by atoms with Crippen molar-refractivity contribution in [2.45, 2.75) is 26.8 Å². The molecule has 4 rings (SSSR count). The number of carbonyl (C=O) groups excluding carboxylic acids is 3. The first kappa shape index (κ1) is 24.3. The largest absolute Gasteiger partial charge is 0.465 e. The highest BCUT2D eigenvalue weighted by atomic mass is 127. The molecular weight excluding hydrogens is 527 g/mol. The molecule has 9 nitrogen and oxygen atoms in total. The van der Waals surface area contributed by atoms with Gasteiger partial charge in [0.05, 0.1) is 18.9 Å². The number of aryl methyl sites for hydroxylation is 1. The van der Waals surface area contributed by atoms with Crippen molar-refractivity contribution < 1.29 is 23.5 Å². The second kappa shape index (κ2) is 10.1. The third-order valence-electron chi connectivity index (χ3n) is 6.30. The maximum Gasteiger partial charge on any atom is 0.341 e. The summed E-state index contributed by atoms with van der Waals surface area (Å²) in [5, 5.41) is 6.29. The number of nitrogens with one attached hydrogen (secondary N) is 2. The van der Waals surface area contributed by atoms with Crippen LogP contribution in [0.25, 0.3) is 0 Å². The van der Waals surface area contributed by atoms with E-state index in [-0.39, 0.29) is 66.0 Å². The van der Waals surface area contributed by atoms with Crippen LogP contribution in [-0.4, -0.2) is 55.4 Å². The molecule has 3 aliphatic rings. The molecule has 1 saturated heterocycles. The monoisotopic (exact) mass is 556 g/mol. The Morgan fingerprint density at radius 2 is 1.88 bits per heavy atom. The summed E-state index contributed by atoms with van der Waals surface area (Å²) < 4.78 is 10.3. The van der Waals surface area contributed by atoms with Crippen LogP contribution >= 0.6 is 24.0 Å². The van der Waals surface area contributed by atoms with E-state index in [4.69, 9.17) is 9.15 Å². The Hall–Kier alpha value is -2.37. The number of amides is 2. The fourth-order valence-corrected chi connectivity index (χ4v) is 4.90. The number of hydrogen-bond acceptors (Lipinski definition) is 6. The third-order valence-corrected chi connectivity index (χ3v) is 6.30. The summed E-state index contributed by atoms with van der Waals surface area (Å²) in [5.74, 6) is 1.11. The summed E-state index contributed by atoms with van der Waals surface area (Å²) in [6.45, 7) is 5.23. The molecule has 1 saturated carbocycles. The van der Waals surface area contributed by atoms with Gasteiger partial charge in [-0.15, -0.1) is 24.0 Å². The highest BCUT2D eigenvalue weighted by Gasteiger charge is 2.58. The predicted molar refractivity (Wildman–Crippen MR) is 127 cm³/mol. The van der Waals surface area contributed by atoms with E-state index in [9.17, 15) is 14.4 Å². The van der Waals surface area contributed by atoms with Crippen LogP contribution in [0.4, 0.5) is 0 Å². The molecule has 2 fully saturated rings. The van der Waals surface area contributed by atoms with Crippen LogP contribution in [-0.2, 0) is 20.9 Å². The van der Waals surface area contributed by atoms with Crippen LogP contribution in [0.15, 0.2) is 27.6 Å². The zero-order chi connectivity index (χ0) is 22.1. The SMILES string of the molecule is CCNC(=NCc1cc(C(=O)OC)c(C)o1)NCCN1C(=O)C2C3C=CC(C3)C2C1=O.I. The number of furan rings is 1. The highest BCUT2D eigenvalue weighted by Crippen LogP contribution is 2.52. The standard InChI is InChI=1S/C22H28N4O5.HI/c1-4-23-22(25-11-15-10-16(12(2)31-15)21(29)30-3)24-7-8-26-19(27)17-13-5-6-14(9-13)18(17)20(26)28;/h5-6,10,13-14,17-18H,4,7-9,11H2,1-3H3,(H2,23,24,25);1H. The minimum absolute atomic E-state index is 0. The zero-order valence-corrected chi connectivity index (χ0v) is 20.8. The highest BCUT2D eigenvalue weighted by molar-refractivity contribution is 14.0. The van der Waals surface area contributed by atoms with E-state index in [1.807, 2.05) is 6.92 Å². The first-order valence-electron chi connectivity index (χ1n) is 10.7. The van der Waals surface area contributed by atoms with Gasteiger partial charge in [0, 0.05) is 19.6 Å². The summed E-state index contributed by atoms with van der Waals surface area (Å²) >= 11 is 0. The Kier molecular flexibility index (Phi) is 7.63. The molecule has 2 N–H and O–H groups in total. The van der Waals surface area contributed by atoms with E-state index in [0.717, 1.165) is 6.42 Å². The van der Waals surface area contributed by atoms with E-state index in [0.29, 0.717) is 42.7 Å². The molecular formula is C22H29IN4O5. The number of nitrogens with zero attached hydrogens (tertiary/aromatic N) is 2. The number of esters is 1. The zero-order valence-electron chi connectivity index (χ0n) is 18.4.